The van der Waals surface area contributed by atoms with Gasteiger partial charge in [-0.05, 0) is 47.2 Å². The summed E-state index contributed by atoms with van der Waals surface area (Å²) >= 11 is 3.82. The summed E-state index contributed by atoms with van der Waals surface area (Å²) in [7, 11) is 0. The van der Waals surface area contributed by atoms with Gasteiger partial charge in [0, 0.05) is 21.1 Å². The number of rotatable bonds is 4. The van der Waals surface area contributed by atoms with Gasteiger partial charge in [-0.15, -0.1) is 11.3 Å². The molecular formula is C18H15IN2OS. The van der Waals surface area contributed by atoms with Gasteiger partial charge in [-0.3, -0.25) is 4.79 Å². The van der Waals surface area contributed by atoms with E-state index >= 15 is 0 Å². The number of hydrogen-bond donors (Lipinski definition) is 1. The van der Waals surface area contributed by atoms with Crippen LogP contribution in [-0.4, -0.2) is 10.9 Å². The van der Waals surface area contributed by atoms with Crippen molar-refractivity contribution in [2.45, 2.75) is 13.5 Å². The number of amides is 1. The third-order valence-corrected chi connectivity index (χ3v) is 5.15. The SMILES string of the molecule is Cc1nc(-c2ccc(CNC(=O)c3ccccc3I)cc2)cs1. The average Bonchev–Trinajstić information content (AvgIpc) is 3.00. The Morgan fingerprint density at radius 1 is 1.17 bits per heavy atom. The summed E-state index contributed by atoms with van der Waals surface area (Å²) in [5.74, 6) is -0.0470. The standard InChI is InChI=1S/C18H15IN2OS/c1-12-21-17(11-23-12)14-8-6-13(7-9-14)10-20-18(22)15-4-2-3-5-16(15)19/h2-9,11H,10H2,1H3,(H,20,22). The number of aryl methyl sites for hydroxylation is 1. The van der Waals surface area contributed by atoms with Crippen LogP contribution in [0.2, 0.25) is 0 Å². The molecule has 0 fully saturated rings. The van der Waals surface area contributed by atoms with Crippen molar-refractivity contribution in [3.63, 3.8) is 0 Å². The molecule has 0 bridgehead atoms. The molecule has 0 spiro atoms. The van der Waals surface area contributed by atoms with Crippen LogP contribution in [0.25, 0.3) is 11.3 Å². The van der Waals surface area contributed by atoms with E-state index in [9.17, 15) is 4.79 Å². The van der Waals surface area contributed by atoms with E-state index in [4.69, 9.17) is 0 Å². The molecule has 2 aromatic carbocycles. The summed E-state index contributed by atoms with van der Waals surface area (Å²) in [5.41, 5.74) is 3.88. The Bertz CT molecular complexity index is 827. The zero-order chi connectivity index (χ0) is 16.2. The molecule has 1 N–H and O–H groups in total. The Kier molecular flexibility index (Phi) is 5.07. The molecule has 3 nitrogen and oxygen atoms in total. The van der Waals surface area contributed by atoms with E-state index in [1.165, 1.54) is 0 Å². The van der Waals surface area contributed by atoms with Crippen LogP contribution in [-0.2, 0) is 6.54 Å². The van der Waals surface area contributed by atoms with E-state index in [1.54, 1.807) is 11.3 Å². The summed E-state index contributed by atoms with van der Waals surface area (Å²) in [6.45, 7) is 2.52. The molecule has 23 heavy (non-hydrogen) atoms. The number of nitrogens with zero attached hydrogens (tertiary/aromatic N) is 1. The van der Waals surface area contributed by atoms with Crippen molar-refractivity contribution in [2.24, 2.45) is 0 Å². The molecule has 0 aliphatic heterocycles. The maximum absolute atomic E-state index is 12.2. The van der Waals surface area contributed by atoms with E-state index in [-0.39, 0.29) is 5.91 Å². The van der Waals surface area contributed by atoms with Gasteiger partial charge < -0.3 is 5.32 Å². The number of carbonyl (C=O) groups excluding carboxylic acids is 1. The van der Waals surface area contributed by atoms with Crippen molar-refractivity contribution in [3.8, 4) is 11.3 Å². The minimum atomic E-state index is -0.0470. The quantitative estimate of drug-likeness (QED) is 0.608. The number of benzene rings is 2. The van der Waals surface area contributed by atoms with Crippen LogP contribution in [0.5, 0.6) is 0 Å². The lowest BCUT2D eigenvalue weighted by Crippen LogP contribution is -2.23. The summed E-state index contributed by atoms with van der Waals surface area (Å²) in [6.07, 6.45) is 0. The number of thiazole rings is 1. The molecule has 0 aliphatic rings. The van der Waals surface area contributed by atoms with Gasteiger partial charge in [-0.1, -0.05) is 36.4 Å². The van der Waals surface area contributed by atoms with Gasteiger partial charge in [-0.2, -0.15) is 0 Å². The van der Waals surface area contributed by atoms with Gasteiger partial charge in [0.15, 0.2) is 0 Å². The molecule has 3 aromatic rings. The Morgan fingerprint density at radius 3 is 2.57 bits per heavy atom. The van der Waals surface area contributed by atoms with Gasteiger partial charge in [0.05, 0.1) is 16.3 Å². The number of hydrogen-bond acceptors (Lipinski definition) is 3. The molecule has 0 saturated heterocycles. The predicted molar refractivity (Wildman–Crippen MR) is 103 cm³/mol. The molecule has 0 atom stereocenters. The molecule has 0 radical (unpaired) electrons. The molecule has 116 valence electrons. The van der Waals surface area contributed by atoms with Gasteiger partial charge in [0.2, 0.25) is 0 Å². The second-order valence-electron chi connectivity index (χ2n) is 5.11. The highest BCUT2D eigenvalue weighted by Crippen LogP contribution is 2.21. The largest absolute Gasteiger partial charge is 0.348 e. The van der Waals surface area contributed by atoms with Gasteiger partial charge >= 0.3 is 0 Å². The first-order valence-electron chi connectivity index (χ1n) is 7.17. The minimum absolute atomic E-state index is 0.0470. The fourth-order valence-electron chi connectivity index (χ4n) is 2.21. The lowest BCUT2D eigenvalue weighted by molar-refractivity contribution is 0.0950. The smallest absolute Gasteiger partial charge is 0.252 e. The number of aromatic nitrogens is 1. The molecule has 0 unspecified atom stereocenters. The van der Waals surface area contributed by atoms with E-state index in [1.807, 2.05) is 55.5 Å². The third kappa shape index (κ3) is 3.97. The predicted octanol–water partition coefficient (Wildman–Crippen LogP) is 4.65. The highest BCUT2D eigenvalue weighted by molar-refractivity contribution is 14.1. The van der Waals surface area contributed by atoms with Gasteiger partial charge in [0.25, 0.3) is 5.91 Å². The van der Waals surface area contributed by atoms with Crippen LogP contribution in [0, 0.1) is 10.5 Å². The fraction of sp³-hybridized carbons (Fsp3) is 0.111. The summed E-state index contributed by atoms with van der Waals surface area (Å²) < 4.78 is 0.955. The molecule has 1 amide bonds. The van der Waals surface area contributed by atoms with E-state index in [0.29, 0.717) is 12.1 Å². The summed E-state index contributed by atoms with van der Waals surface area (Å²) in [5, 5.41) is 6.08. The second-order valence-corrected chi connectivity index (χ2v) is 7.34. The Hall–Kier alpha value is -1.73. The van der Waals surface area contributed by atoms with Crippen LogP contribution in [0.15, 0.2) is 53.9 Å². The van der Waals surface area contributed by atoms with Crippen LogP contribution >= 0.6 is 33.9 Å². The van der Waals surface area contributed by atoms with Crippen LogP contribution in [0.4, 0.5) is 0 Å². The first kappa shape index (κ1) is 16.1. The van der Waals surface area contributed by atoms with Crippen molar-refractivity contribution in [1.82, 2.24) is 10.3 Å². The lowest BCUT2D eigenvalue weighted by atomic mass is 10.1. The van der Waals surface area contributed by atoms with E-state index < -0.39 is 0 Å². The van der Waals surface area contributed by atoms with Crippen molar-refractivity contribution >= 4 is 39.8 Å². The van der Waals surface area contributed by atoms with Crippen molar-refractivity contribution < 1.29 is 4.79 Å². The topological polar surface area (TPSA) is 42.0 Å². The van der Waals surface area contributed by atoms with Crippen molar-refractivity contribution in [2.75, 3.05) is 0 Å². The molecule has 3 rings (SSSR count). The fourth-order valence-corrected chi connectivity index (χ4v) is 3.47. The molecule has 1 heterocycles. The molecule has 0 saturated carbocycles. The Balaban J connectivity index is 1.65. The van der Waals surface area contributed by atoms with Gasteiger partial charge in [-0.25, -0.2) is 4.98 Å². The highest BCUT2D eigenvalue weighted by atomic mass is 127. The van der Waals surface area contributed by atoms with Crippen molar-refractivity contribution in [1.29, 1.82) is 0 Å². The zero-order valence-electron chi connectivity index (χ0n) is 12.5. The first-order chi connectivity index (χ1) is 11.1. The van der Waals surface area contributed by atoms with Crippen LogP contribution < -0.4 is 5.32 Å². The number of nitrogens with one attached hydrogen (secondary N) is 1. The van der Waals surface area contributed by atoms with Crippen LogP contribution in [0.3, 0.4) is 0 Å². The molecule has 0 aliphatic carbocycles. The third-order valence-electron chi connectivity index (χ3n) is 3.44. The number of carbonyl (C=O) groups is 1. The molecular weight excluding hydrogens is 419 g/mol. The van der Waals surface area contributed by atoms with Gasteiger partial charge in [0.1, 0.15) is 0 Å². The average molecular weight is 434 g/mol. The Labute approximate surface area is 152 Å². The molecule has 1 aromatic heterocycles. The van der Waals surface area contributed by atoms with E-state index in [2.05, 4.69) is 38.3 Å². The normalized spacial score (nSPS) is 10.5. The number of halogens is 1. The zero-order valence-corrected chi connectivity index (χ0v) is 15.5. The van der Waals surface area contributed by atoms with Crippen molar-refractivity contribution in [3.05, 3.63) is 73.6 Å². The van der Waals surface area contributed by atoms with E-state index in [0.717, 1.165) is 25.4 Å². The summed E-state index contributed by atoms with van der Waals surface area (Å²) in [4.78, 5) is 16.7. The first-order valence-corrected chi connectivity index (χ1v) is 9.13. The second kappa shape index (κ2) is 7.23. The highest BCUT2D eigenvalue weighted by Gasteiger charge is 2.08. The maximum atomic E-state index is 12.2. The maximum Gasteiger partial charge on any atom is 0.252 e. The monoisotopic (exact) mass is 434 g/mol. The lowest BCUT2D eigenvalue weighted by Gasteiger charge is -2.07. The Morgan fingerprint density at radius 2 is 1.91 bits per heavy atom. The van der Waals surface area contributed by atoms with Crippen LogP contribution in [0.1, 0.15) is 20.9 Å². The molecule has 5 heteroatoms. The minimum Gasteiger partial charge on any atom is -0.348 e. The summed E-state index contributed by atoms with van der Waals surface area (Å²) in [6, 6.07) is 15.7.